The van der Waals surface area contributed by atoms with Gasteiger partial charge in [0, 0.05) is 78.6 Å². The van der Waals surface area contributed by atoms with E-state index in [4.69, 9.17) is 0 Å². The van der Waals surface area contributed by atoms with Gasteiger partial charge in [0.25, 0.3) is 0 Å². The van der Waals surface area contributed by atoms with Crippen LogP contribution in [0.25, 0.3) is 121 Å². The molecule has 0 aliphatic heterocycles. The lowest BCUT2D eigenvalue weighted by Gasteiger charge is -2.25. The molecule has 0 N–H and O–H groups in total. The summed E-state index contributed by atoms with van der Waals surface area (Å²) in [6, 6.07) is 67.6. The summed E-state index contributed by atoms with van der Waals surface area (Å²) >= 11 is 5.34. The zero-order valence-electron chi connectivity index (χ0n) is 32.8. The van der Waals surface area contributed by atoms with Crippen LogP contribution in [0.1, 0.15) is 11.1 Å². The Bertz CT molecular complexity index is 3990. The SMILES string of the molecule is N#Cc1c(C#N)c(-n2c3c(ccc4c5ccccc5sc43)c3ccc4c5ccccc5sc4c32)c(-c2ccccc2)c(-c2ccccc2)c1-c1cccc2sc3ccccc3c12. The molecule has 0 atom stereocenters. The first kappa shape index (κ1) is 35.2. The molecule has 0 amide bonds. The average Bonchev–Trinajstić information content (AvgIpc) is 4.10. The Morgan fingerprint density at radius 1 is 0.355 bits per heavy atom. The highest BCUT2D eigenvalue weighted by Gasteiger charge is 2.32. The summed E-state index contributed by atoms with van der Waals surface area (Å²) in [5.74, 6) is 0. The number of hydrogen-bond acceptors (Lipinski definition) is 5. The van der Waals surface area contributed by atoms with Gasteiger partial charge >= 0.3 is 0 Å². The molecule has 4 aromatic heterocycles. The molecule has 6 heteroatoms. The number of thiophene rings is 3. The normalized spacial score (nSPS) is 11.8. The topological polar surface area (TPSA) is 52.5 Å². The van der Waals surface area contributed by atoms with Gasteiger partial charge in [0.15, 0.2) is 0 Å². The van der Waals surface area contributed by atoms with Crippen LogP contribution in [-0.2, 0) is 0 Å². The van der Waals surface area contributed by atoms with Crippen molar-refractivity contribution in [3.05, 3.63) is 187 Å². The molecule has 4 heterocycles. The van der Waals surface area contributed by atoms with E-state index in [0.29, 0.717) is 11.1 Å². The summed E-state index contributed by atoms with van der Waals surface area (Å²) in [7, 11) is 0. The van der Waals surface area contributed by atoms with Gasteiger partial charge in [-0.05, 0) is 41.0 Å². The fourth-order valence-corrected chi connectivity index (χ4v) is 13.6. The van der Waals surface area contributed by atoms with E-state index in [1.54, 1.807) is 34.0 Å². The van der Waals surface area contributed by atoms with Gasteiger partial charge in [-0.3, -0.25) is 0 Å². The van der Waals surface area contributed by atoms with E-state index in [9.17, 15) is 10.5 Å². The zero-order chi connectivity index (χ0) is 41.1. The summed E-state index contributed by atoms with van der Waals surface area (Å²) in [5, 5.41) is 32.8. The Morgan fingerprint density at radius 3 is 1.39 bits per heavy atom. The minimum absolute atomic E-state index is 0.354. The van der Waals surface area contributed by atoms with Crippen LogP contribution in [0.15, 0.2) is 176 Å². The van der Waals surface area contributed by atoms with Gasteiger partial charge < -0.3 is 4.57 Å². The Labute approximate surface area is 367 Å². The van der Waals surface area contributed by atoms with Crippen molar-refractivity contribution in [1.82, 2.24) is 4.57 Å². The molecule has 0 fully saturated rings. The highest BCUT2D eigenvalue weighted by atomic mass is 32.1. The van der Waals surface area contributed by atoms with Gasteiger partial charge in [-0.25, -0.2) is 0 Å². The van der Waals surface area contributed by atoms with E-state index < -0.39 is 0 Å². The van der Waals surface area contributed by atoms with Crippen molar-refractivity contribution >= 4 is 116 Å². The molecule has 62 heavy (non-hydrogen) atoms. The number of benzene rings is 9. The molecular formula is C56H29N3S3. The molecule has 0 bridgehead atoms. The van der Waals surface area contributed by atoms with E-state index in [0.717, 1.165) is 85.7 Å². The Morgan fingerprint density at radius 2 is 0.823 bits per heavy atom. The van der Waals surface area contributed by atoms with Crippen LogP contribution in [0.5, 0.6) is 0 Å². The molecule has 0 aliphatic rings. The van der Waals surface area contributed by atoms with Crippen molar-refractivity contribution in [3.8, 4) is 51.2 Å². The lowest BCUT2D eigenvalue weighted by atomic mass is 9.80. The number of nitriles is 2. The predicted octanol–water partition coefficient (Wildman–Crippen LogP) is 16.6. The van der Waals surface area contributed by atoms with Crippen molar-refractivity contribution in [2.75, 3.05) is 0 Å². The van der Waals surface area contributed by atoms with E-state index >= 15 is 0 Å². The summed E-state index contributed by atoms with van der Waals surface area (Å²) in [4.78, 5) is 0. The standard InChI is InChI=1S/C56H29N3S3/c57-30-42-43(31-58)52(49(33-16-5-2-6-17-33)48(32-14-3-1-4-15-32)51(42)41-21-13-25-47-50(41)40-20-9-12-24-46(40)60-47)59-53-36(26-28-38-34-18-7-10-22-44(34)61-55(38)53)37-27-29-39-35-19-8-11-23-45(35)62-56(39)54(37)59/h1-29H. The third-order valence-electron chi connectivity index (χ3n) is 12.5. The molecule has 13 rings (SSSR count). The van der Waals surface area contributed by atoms with Crippen molar-refractivity contribution in [2.45, 2.75) is 0 Å². The molecule has 9 aromatic carbocycles. The van der Waals surface area contributed by atoms with E-state index in [-0.39, 0.29) is 0 Å². The smallest absolute Gasteiger partial charge is 0.103 e. The maximum atomic E-state index is 11.9. The van der Waals surface area contributed by atoms with E-state index in [2.05, 4.69) is 180 Å². The molecule has 0 unspecified atom stereocenters. The minimum atomic E-state index is 0.354. The van der Waals surface area contributed by atoms with Crippen molar-refractivity contribution < 1.29 is 0 Å². The van der Waals surface area contributed by atoms with Crippen LogP contribution in [0.2, 0.25) is 0 Å². The maximum Gasteiger partial charge on any atom is 0.103 e. The fourth-order valence-electron chi connectivity index (χ4n) is 9.98. The van der Waals surface area contributed by atoms with Crippen molar-refractivity contribution in [2.24, 2.45) is 0 Å². The summed E-state index contributed by atoms with van der Waals surface area (Å²) < 4.78 is 9.41. The Balaban J connectivity index is 1.33. The monoisotopic (exact) mass is 839 g/mol. The Kier molecular flexibility index (Phi) is 7.64. The van der Waals surface area contributed by atoms with Crippen LogP contribution < -0.4 is 0 Å². The molecular weight excluding hydrogens is 811 g/mol. The van der Waals surface area contributed by atoms with Crippen LogP contribution in [0.3, 0.4) is 0 Å². The second kappa shape index (κ2) is 13.5. The Hall–Kier alpha value is -7.58. The maximum absolute atomic E-state index is 11.9. The van der Waals surface area contributed by atoms with Crippen molar-refractivity contribution in [1.29, 1.82) is 10.5 Å². The van der Waals surface area contributed by atoms with E-state index in [1.807, 2.05) is 12.1 Å². The predicted molar refractivity (Wildman–Crippen MR) is 265 cm³/mol. The molecule has 0 aliphatic carbocycles. The number of rotatable bonds is 4. The largest absolute Gasteiger partial charge is 0.304 e. The molecule has 0 saturated carbocycles. The van der Waals surface area contributed by atoms with Gasteiger partial charge in [-0.15, -0.1) is 34.0 Å². The fraction of sp³-hybridized carbons (Fsp3) is 0. The molecule has 13 aromatic rings. The molecule has 286 valence electrons. The van der Waals surface area contributed by atoms with Gasteiger partial charge in [0.05, 0.1) is 37.2 Å². The molecule has 0 radical (unpaired) electrons. The lowest BCUT2D eigenvalue weighted by molar-refractivity contribution is 1.18. The summed E-state index contributed by atoms with van der Waals surface area (Å²) in [5.41, 5.74) is 9.00. The quantitative estimate of drug-likeness (QED) is 0.177. The second-order valence-electron chi connectivity index (χ2n) is 15.7. The van der Waals surface area contributed by atoms with Gasteiger partial charge in [0.2, 0.25) is 0 Å². The number of fused-ring (bicyclic) bond motifs is 14. The lowest BCUT2D eigenvalue weighted by Crippen LogP contribution is -2.08. The molecule has 0 saturated heterocycles. The summed E-state index contributed by atoms with van der Waals surface area (Å²) in [6.07, 6.45) is 0. The van der Waals surface area contributed by atoms with Gasteiger partial charge in [-0.2, -0.15) is 10.5 Å². The zero-order valence-corrected chi connectivity index (χ0v) is 35.3. The van der Waals surface area contributed by atoms with Gasteiger partial charge in [-0.1, -0.05) is 152 Å². The third kappa shape index (κ3) is 4.83. The number of hydrogen-bond donors (Lipinski definition) is 0. The first-order chi connectivity index (χ1) is 30.7. The van der Waals surface area contributed by atoms with Crippen LogP contribution in [-0.4, -0.2) is 4.57 Å². The van der Waals surface area contributed by atoms with Crippen LogP contribution in [0.4, 0.5) is 0 Å². The molecule has 3 nitrogen and oxygen atoms in total. The van der Waals surface area contributed by atoms with Crippen molar-refractivity contribution in [3.63, 3.8) is 0 Å². The van der Waals surface area contributed by atoms with Crippen LogP contribution in [0, 0.1) is 22.7 Å². The van der Waals surface area contributed by atoms with E-state index in [1.165, 1.54) is 35.6 Å². The second-order valence-corrected chi connectivity index (χ2v) is 18.9. The molecule has 0 spiro atoms. The highest BCUT2D eigenvalue weighted by molar-refractivity contribution is 7.27. The third-order valence-corrected chi connectivity index (χ3v) is 16.0. The highest BCUT2D eigenvalue weighted by Crippen LogP contribution is 2.54. The summed E-state index contributed by atoms with van der Waals surface area (Å²) in [6.45, 7) is 0. The average molecular weight is 840 g/mol. The number of nitrogens with zero attached hydrogens (tertiary/aromatic N) is 3. The van der Waals surface area contributed by atoms with Gasteiger partial charge in [0.1, 0.15) is 12.1 Å². The number of aromatic nitrogens is 1. The minimum Gasteiger partial charge on any atom is -0.304 e. The first-order valence-corrected chi connectivity index (χ1v) is 22.9. The first-order valence-electron chi connectivity index (χ1n) is 20.5. The van der Waals surface area contributed by atoms with Crippen LogP contribution >= 0.6 is 34.0 Å².